The quantitative estimate of drug-likeness (QED) is 0.391. The van der Waals surface area contributed by atoms with Crippen LogP contribution in [0.3, 0.4) is 0 Å². The van der Waals surface area contributed by atoms with E-state index < -0.39 is 5.82 Å². The van der Waals surface area contributed by atoms with Crippen molar-refractivity contribution >= 4 is 22.6 Å². The number of carbonyl (C=O) groups is 2. The SMILES string of the molecule is CCC(C1CC(=O)C1)N1CC[C@@H](Cc2cn(-c3ccc(F)cc3C(=O)N(C)C(C)C)c3cncc(C)c23)C1. The van der Waals surface area contributed by atoms with Crippen molar-refractivity contribution in [3.63, 3.8) is 0 Å². The molecule has 2 atom stereocenters. The smallest absolute Gasteiger partial charge is 0.256 e. The third kappa shape index (κ3) is 4.89. The number of nitrogens with zero attached hydrogens (tertiary/aromatic N) is 4. The minimum atomic E-state index is -0.426. The number of aryl methyl sites for hydroxylation is 1. The Morgan fingerprint density at radius 1 is 1.24 bits per heavy atom. The zero-order chi connectivity index (χ0) is 27.1. The second kappa shape index (κ2) is 10.6. The van der Waals surface area contributed by atoms with Gasteiger partial charge in [-0.15, -0.1) is 0 Å². The van der Waals surface area contributed by atoms with E-state index in [2.05, 4.69) is 29.9 Å². The first-order valence-corrected chi connectivity index (χ1v) is 13.9. The minimum absolute atomic E-state index is 0.00480. The lowest BCUT2D eigenvalue weighted by Gasteiger charge is -2.38. The molecule has 2 aromatic heterocycles. The first-order chi connectivity index (χ1) is 18.2. The van der Waals surface area contributed by atoms with Gasteiger partial charge in [-0.2, -0.15) is 0 Å². The van der Waals surface area contributed by atoms with Crippen LogP contribution < -0.4 is 0 Å². The maximum atomic E-state index is 14.4. The van der Waals surface area contributed by atoms with Crippen molar-refractivity contribution in [1.29, 1.82) is 0 Å². The molecule has 7 heteroatoms. The third-order valence-electron chi connectivity index (χ3n) is 8.76. The van der Waals surface area contributed by atoms with Gasteiger partial charge < -0.3 is 9.47 Å². The molecule has 2 fully saturated rings. The van der Waals surface area contributed by atoms with Gasteiger partial charge in [-0.1, -0.05) is 6.92 Å². The van der Waals surface area contributed by atoms with Gasteiger partial charge in [0, 0.05) is 56.3 Å². The first kappa shape index (κ1) is 26.5. The van der Waals surface area contributed by atoms with Crippen molar-refractivity contribution < 1.29 is 14.0 Å². The summed E-state index contributed by atoms with van der Waals surface area (Å²) in [4.78, 5) is 33.7. The Kier molecular flexibility index (Phi) is 7.40. The highest BCUT2D eigenvalue weighted by molar-refractivity contribution is 5.99. The molecule has 0 N–H and O–H groups in total. The summed E-state index contributed by atoms with van der Waals surface area (Å²) in [5.74, 6) is 0.807. The van der Waals surface area contributed by atoms with Gasteiger partial charge in [0.25, 0.3) is 5.91 Å². The number of Topliss-reactive ketones (excluding diaryl/α,β-unsaturated/α-hetero) is 1. The predicted octanol–water partition coefficient (Wildman–Crippen LogP) is 5.58. The van der Waals surface area contributed by atoms with E-state index in [1.165, 1.54) is 17.7 Å². The van der Waals surface area contributed by atoms with Gasteiger partial charge in [0.1, 0.15) is 11.6 Å². The van der Waals surface area contributed by atoms with E-state index >= 15 is 0 Å². The lowest BCUT2D eigenvalue weighted by Crippen LogP contribution is -2.44. The van der Waals surface area contributed by atoms with Crippen LogP contribution in [0.5, 0.6) is 0 Å². The summed E-state index contributed by atoms with van der Waals surface area (Å²) >= 11 is 0. The average Bonchev–Trinajstić information content (AvgIpc) is 3.48. The zero-order valence-electron chi connectivity index (χ0n) is 23.2. The van der Waals surface area contributed by atoms with Crippen molar-refractivity contribution in [2.45, 2.75) is 71.9 Å². The maximum absolute atomic E-state index is 14.4. The molecular formula is C31H39FN4O2. The van der Waals surface area contributed by atoms with Crippen LogP contribution in [0.1, 0.15) is 67.9 Å². The molecule has 38 heavy (non-hydrogen) atoms. The van der Waals surface area contributed by atoms with Gasteiger partial charge in [-0.05, 0) is 87.7 Å². The van der Waals surface area contributed by atoms with Crippen LogP contribution in [-0.4, -0.2) is 63.3 Å². The van der Waals surface area contributed by atoms with Gasteiger partial charge in [0.2, 0.25) is 0 Å². The minimum Gasteiger partial charge on any atom is -0.339 e. The van der Waals surface area contributed by atoms with Crippen LogP contribution in [-0.2, 0) is 11.2 Å². The molecule has 5 rings (SSSR count). The van der Waals surface area contributed by atoms with Crippen LogP contribution in [0.25, 0.3) is 16.6 Å². The van der Waals surface area contributed by atoms with Gasteiger partial charge in [0.15, 0.2) is 0 Å². The molecule has 3 aromatic rings. The summed E-state index contributed by atoms with van der Waals surface area (Å²) in [6.07, 6.45) is 10.5. The standard InChI is InChI=1S/C31H39FN4O2/c1-6-27(22-12-25(37)13-22)35-10-9-21(17-35)11-23-18-36(29-16-33-15-20(4)30(23)29)28-8-7-24(32)14-26(28)31(38)34(5)19(2)3/h7-8,14-16,18-19,21-22,27H,6,9-13,17H2,1-5H3/t21-,27?/m0/s1. The van der Waals surface area contributed by atoms with E-state index in [0.717, 1.165) is 61.7 Å². The largest absolute Gasteiger partial charge is 0.339 e. The van der Waals surface area contributed by atoms with E-state index in [1.54, 1.807) is 18.0 Å². The van der Waals surface area contributed by atoms with Gasteiger partial charge in [-0.25, -0.2) is 4.39 Å². The van der Waals surface area contributed by atoms with Crippen LogP contribution in [0.15, 0.2) is 36.8 Å². The topological polar surface area (TPSA) is 58.4 Å². The molecule has 0 radical (unpaired) electrons. The fourth-order valence-electron chi connectivity index (χ4n) is 6.44. The van der Waals surface area contributed by atoms with Crippen LogP contribution in [0.4, 0.5) is 4.39 Å². The molecule has 1 saturated heterocycles. The summed E-state index contributed by atoms with van der Waals surface area (Å²) in [6.45, 7) is 10.3. The van der Waals surface area contributed by atoms with Crippen LogP contribution in [0, 0.1) is 24.6 Å². The summed E-state index contributed by atoms with van der Waals surface area (Å²) in [5.41, 5.74) is 4.28. The van der Waals surface area contributed by atoms with Crippen molar-refractivity contribution in [1.82, 2.24) is 19.4 Å². The van der Waals surface area contributed by atoms with E-state index in [9.17, 15) is 14.0 Å². The molecule has 1 amide bonds. The second-order valence-corrected chi connectivity index (χ2v) is 11.6. The summed E-state index contributed by atoms with van der Waals surface area (Å²) in [5, 5.41) is 1.16. The Morgan fingerprint density at radius 3 is 2.68 bits per heavy atom. The number of benzene rings is 1. The van der Waals surface area contributed by atoms with Gasteiger partial charge in [0.05, 0.1) is 23.0 Å². The molecule has 0 bridgehead atoms. The Labute approximate surface area is 224 Å². The van der Waals surface area contributed by atoms with Crippen LogP contribution in [0.2, 0.25) is 0 Å². The lowest BCUT2D eigenvalue weighted by molar-refractivity contribution is -0.128. The summed E-state index contributed by atoms with van der Waals surface area (Å²) < 4.78 is 16.4. The molecule has 1 unspecified atom stereocenters. The number of hydrogen-bond acceptors (Lipinski definition) is 4. The predicted molar refractivity (Wildman–Crippen MR) is 148 cm³/mol. The maximum Gasteiger partial charge on any atom is 0.256 e. The van der Waals surface area contributed by atoms with E-state index in [4.69, 9.17) is 0 Å². The van der Waals surface area contributed by atoms with Crippen molar-refractivity contribution in [2.75, 3.05) is 20.1 Å². The number of ketones is 1. The summed E-state index contributed by atoms with van der Waals surface area (Å²) in [7, 11) is 1.75. The fraction of sp³-hybridized carbons (Fsp3) is 0.516. The monoisotopic (exact) mass is 518 g/mol. The number of aromatic nitrogens is 2. The van der Waals surface area contributed by atoms with Crippen molar-refractivity contribution in [2.24, 2.45) is 11.8 Å². The Morgan fingerprint density at radius 2 is 2.00 bits per heavy atom. The highest BCUT2D eigenvalue weighted by atomic mass is 19.1. The summed E-state index contributed by atoms with van der Waals surface area (Å²) in [6, 6.07) is 4.95. The van der Waals surface area contributed by atoms with Gasteiger partial charge in [-0.3, -0.25) is 19.5 Å². The normalized spacial score (nSPS) is 19.3. The highest BCUT2D eigenvalue weighted by Gasteiger charge is 2.38. The number of likely N-dealkylation sites (tertiary alicyclic amines) is 1. The number of amides is 1. The number of hydrogen-bond donors (Lipinski definition) is 0. The zero-order valence-corrected chi connectivity index (χ0v) is 23.2. The number of pyridine rings is 1. The molecular weight excluding hydrogens is 479 g/mol. The highest BCUT2D eigenvalue weighted by Crippen LogP contribution is 2.36. The number of fused-ring (bicyclic) bond motifs is 1. The fourth-order valence-corrected chi connectivity index (χ4v) is 6.44. The van der Waals surface area contributed by atoms with E-state index in [-0.39, 0.29) is 11.9 Å². The second-order valence-electron chi connectivity index (χ2n) is 11.6. The third-order valence-corrected chi connectivity index (χ3v) is 8.76. The van der Waals surface area contributed by atoms with Gasteiger partial charge >= 0.3 is 0 Å². The molecule has 202 valence electrons. The Balaban J connectivity index is 1.47. The lowest BCUT2D eigenvalue weighted by atomic mass is 9.77. The van der Waals surface area contributed by atoms with Crippen molar-refractivity contribution in [3.8, 4) is 5.69 Å². The molecule has 1 aromatic carbocycles. The van der Waals surface area contributed by atoms with Crippen molar-refractivity contribution in [3.05, 3.63) is 59.3 Å². The molecule has 2 aliphatic rings. The Bertz CT molecular complexity index is 1360. The van der Waals surface area contributed by atoms with Crippen LogP contribution >= 0.6 is 0 Å². The van der Waals surface area contributed by atoms with E-state index in [1.807, 2.05) is 30.8 Å². The molecule has 1 aliphatic heterocycles. The molecule has 0 spiro atoms. The number of rotatable bonds is 8. The molecule has 1 aliphatic carbocycles. The number of carbonyl (C=O) groups excluding carboxylic acids is 2. The molecule has 6 nitrogen and oxygen atoms in total. The molecule has 1 saturated carbocycles. The first-order valence-electron chi connectivity index (χ1n) is 13.9. The Hall–Kier alpha value is -3.06. The average molecular weight is 519 g/mol. The molecule has 3 heterocycles. The van der Waals surface area contributed by atoms with E-state index in [0.29, 0.717) is 34.9 Å². The number of halogens is 1.